The second-order valence-electron chi connectivity index (χ2n) is 6.13. The zero-order chi connectivity index (χ0) is 18.9. The zero-order valence-electron chi connectivity index (χ0n) is 15.6. The van der Waals surface area contributed by atoms with Crippen LogP contribution in [0.4, 0.5) is 0 Å². The summed E-state index contributed by atoms with van der Waals surface area (Å²) in [5, 5.41) is 11.7. The average Bonchev–Trinajstić information content (AvgIpc) is 3.00. The van der Waals surface area contributed by atoms with E-state index in [2.05, 4.69) is 22.4 Å². The van der Waals surface area contributed by atoms with Crippen LogP contribution in [0.15, 0.2) is 29.4 Å². The van der Waals surface area contributed by atoms with Gasteiger partial charge in [0.05, 0.1) is 18.4 Å². The topological polar surface area (TPSA) is 95.1 Å². The van der Waals surface area contributed by atoms with Crippen LogP contribution in [0.3, 0.4) is 0 Å². The number of para-hydroxylation sites is 1. The van der Waals surface area contributed by atoms with E-state index in [9.17, 15) is 4.79 Å². The number of aromatic nitrogens is 3. The largest absolute Gasteiger partial charge is 0.496 e. The lowest BCUT2D eigenvalue weighted by Crippen LogP contribution is -2.33. The Bertz CT molecular complexity index is 719. The first-order valence-electron chi connectivity index (χ1n) is 8.82. The number of nitrogen functional groups attached to an aromatic ring is 1. The lowest BCUT2D eigenvalue weighted by Gasteiger charge is -2.13. The molecule has 2 rings (SSSR count). The fraction of sp³-hybridized carbons (Fsp3) is 0.500. The van der Waals surface area contributed by atoms with Gasteiger partial charge in [-0.3, -0.25) is 4.79 Å². The maximum absolute atomic E-state index is 12.1. The number of carbonyl (C=O) groups excluding carboxylic acids is 1. The van der Waals surface area contributed by atoms with Crippen molar-refractivity contribution in [2.24, 2.45) is 0 Å². The molecule has 1 atom stereocenters. The van der Waals surface area contributed by atoms with Gasteiger partial charge in [0.1, 0.15) is 5.75 Å². The minimum atomic E-state index is -0.0270. The van der Waals surface area contributed by atoms with Crippen LogP contribution in [0, 0.1) is 0 Å². The summed E-state index contributed by atoms with van der Waals surface area (Å²) in [6.45, 7) is 4.20. The molecule has 1 aromatic carbocycles. The minimum absolute atomic E-state index is 0.0270. The highest BCUT2D eigenvalue weighted by atomic mass is 32.2. The van der Waals surface area contributed by atoms with Gasteiger partial charge in [-0.25, -0.2) is 4.68 Å². The Morgan fingerprint density at radius 3 is 2.85 bits per heavy atom. The van der Waals surface area contributed by atoms with Crippen molar-refractivity contribution in [2.45, 2.75) is 50.7 Å². The highest BCUT2D eigenvalue weighted by Gasteiger charge is 2.17. The number of nitrogens with zero attached hydrogens (tertiary/aromatic N) is 3. The third kappa shape index (κ3) is 5.39. The number of hydrogen-bond acceptors (Lipinski definition) is 6. The Labute approximate surface area is 158 Å². The van der Waals surface area contributed by atoms with E-state index in [1.807, 2.05) is 31.2 Å². The Balaban J connectivity index is 1.93. The molecule has 0 aliphatic rings. The molecule has 0 radical (unpaired) electrons. The van der Waals surface area contributed by atoms with E-state index in [1.54, 1.807) is 7.11 Å². The molecule has 3 N–H and O–H groups in total. The number of nitrogens with two attached hydrogens (primary N) is 1. The van der Waals surface area contributed by atoms with Gasteiger partial charge in [-0.1, -0.05) is 50.1 Å². The SMILES string of the molecule is CCCCC[C@H](C)NC(=O)CSc1nnc(-c2ccccc2OC)n1N. The molecule has 1 aromatic heterocycles. The van der Waals surface area contributed by atoms with Gasteiger partial charge in [0.2, 0.25) is 11.1 Å². The lowest BCUT2D eigenvalue weighted by molar-refractivity contribution is -0.119. The summed E-state index contributed by atoms with van der Waals surface area (Å²) in [7, 11) is 1.59. The number of hydrogen-bond donors (Lipinski definition) is 2. The van der Waals surface area contributed by atoms with Crippen molar-refractivity contribution in [3.05, 3.63) is 24.3 Å². The molecular weight excluding hydrogens is 350 g/mol. The molecule has 0 saturated carbocycles. The second kappa shape index (κ2) is 10.1. The molecule has 1 amide bonds. The van der Waals surface area contributed by atoms with Crippen LogP contribution in [0.2, 0.25) is 0 Å². The zero-order valence-corrected chi connectivity index (χ0v) is 16.4. The van der Waals surface area contributed by atoms with E-state index in [-0.39, 0.29) is 17.7 Å². The maximum Gasteiger partial charge on any atom is 0.230 e. The monoisotopic (exact) mass is 377 g/mol. The first-order valence-corrected chi connectivity index (χ1v) is 9.81. The summed E-state index contributed by atoms with van der Waals surface area (Å²) >= 11 is 1.27. The summed E-state index contributed by atoms with van der Waals surface area (Å²) in [5.41, 5.74) is 0.755. The van der Waals surface area contributed by atoms with E-state index in [0.717, 1.165) is 18.4 Å². The Hall–Kier alpha value is -2.22. The first-order chi connectivity index (χ1) is 12.6. The Morgan fingerprint density at radius 2 is 2.12 bits per heavy atom. The number of methoxy groups -OCH3 is 1. The summed E-state index contributed by atoms with van der Waals surface area (Å²) in [4.78, 5) is 12.1. The summed E-state index contributed by atoms with van der Waals surface area (Å²) in [6.07, 6.45) is 4.49. The highest BCUT2D eigenvalue weighted by molar-refractivity contribution is 7.99. The van der Waals surface area contributed by atoms with Gasteiger partial charge in [0.15, 0.2) is 5.82 Å². The summed E-state index contributed by atoms with van der Waals surface area (Å²) < 4.78 is 6.73. The lowest BCUT2D eigenvalue weighted by atomic mass is 10.1. The van der Waals surface area contributed by atoms with Gasteiger partial charge >= 0.3 is 0 Å². The highest BCUT2D eigenvalue weighted by Crippen LogP contribution is 2.29. The molecule has 0 saturated heterocycles. The number of rotatable bonds is 10. The number of thioether (sulfide) groups is 1. The van der Waals surface area contributed by atoms with E-state index in [0.29, 0.717) is 16.7 Å². The molecule has 1 heterocycles. The molecule has 142 valence electrons. The van der Waals surface area contributed by atoms with Gasteiger partial charge < -0.3 is 15.9 Å². The molecule has 0 spiro atoms. The molecule has 0 aliphatic carbocycles. The molecule has 8 heteroatoms. The van der Waals surface area contributed by atoms with Crippen LogP contribution in [-0.4, -0.2) is 39.7 Å². The molecule has 0 unspecified atom stereocenters. The number of amides is 1. The Morgan fingerprint density at radius 1 is 1.35 bits per heavy atom. The van der Waals surface area contributed by atoms with Crippen LogP contribution < -0.4 is 15.9 Å². The number of benzene rings is 1. The van der Waals surface area contributed by atoms with Gasteiger partial charge in [-0.05, 0) is 25.5 Å². The van der Waals surface area contributed by atoms with Crippen molar-refractivity contribution >= 4 is 17.7 Å². The van der Waals surface area contributed by atoms with E-state index in [4.69, 9.17) is 10.6 Å². The van der Waals surface area contributed by atoms with Crippen molar-refractivity contribution in [3.8, 4) is 17.1 Å². The second-order valence-corrected chi connectivity index (χ2v) is 7.07. The molecule has 0 fully saturated rings. The maximum atomic E-state index is 12.1. The molecular formula is C18H27N5O2S. The fourth-order valence-electron chi connectivity index (χ4n) is 2.61. The van der Waals surface area contributed by atoms with Crippen molar-refractivity contribution in [1.29, 1.82) is 0 Å². The predicted octanol–water partition coefficient (Wildman–Crippen LogP) is 2.84. The molecule has 2 aromatic rings. The van der Waals surface area contributed by atoms with Crippen molar-refractivity contribution in [1.82, 2.24) is 20.2 Å². The van der Waals surface area contributed by atoms with Gasteiger partial charge in [0.25, 0.3) is 0 Å². The van der Waals surface area contributed by atoms with Crippen LogP contribution in [0.5, 0.6) is 5.75 Å². The number of nitrogens with one attached hydrogen (secondary N) is 1. The van der Waals surface area contributed by atoms with E-state index in [1.165, 1.54) is 29.3 Å². The standard InChI is InChI=1S/C18H27N5O2S/c1-4-5-6-9-13(2)20-16(24)12-26-18-22-21-17(23(18)19)14-10-7-8-11-15(14)25-3/h7-8,10-11,13H,4-6,9,12,19H2,1-3H3,(H,20,24)/t13-/m0/s1. The van der Waals surface area contributed by atoms with Gasteiger partial charge in [-0.15, -0.1) is 10.2 Å². The fourth-order valence-corrected chi connectivity index (χ4v) is 3.28. The number of carbonyl (C=O) groups is 1. The molecule has 0 aliphatic heterocycles. The third-order valence-corrected chi connectivity index (χ3v) is 4.94. The van der Waals surface area contributed by atoms with Gasteiger partial charge in [-0.2, -0.15) is 0 Å². The number of unbranched alkanes of at least 4 members (excludes halogenated alkanes) is 2. The van der Waals surface area contributed by atoms with Crippen molar-refractivity contribution in [2.75, 3.05) is 18.7 Å². The average molecular weight is 378 g/mol. The van der Waals surface area contributed by atoms with E-state index >= 15 is 0 Å². The molecule has 7 nitrogen and oxygen atoms in total. The summed E-state index contributed by atoms with van der Waals surface area (Å²) in [5.74, 6) is 7.50. The number of ether oxygens (including phenoxy) is 1. The van der Waals surface area contributed by atoms with Crippen molar-refractivity contribution in [3.63, 3.8) is 0 Å². The van der Waals surface area contributed by atoms with Crippen LogP contribution >= 0.6 is 11.8 Å². The Kier molecular flexibility index (Phi) is 7.77. The summed E-state index contributed by atoms with van der Waals surface area (Å²) in [6, 6.07) is 7.64. The minimum Gasteiger partial charge on any atom is -0.496 e. The smallest absolute Gasteiger partial charge is 0.230 e. The predicted molar refractivity (Wildman–Crippen MR) is 105 cm³/mol. The molecule has 0 bridgehead atoms. The van der Waals surface area contributed by atoms with E-state index < -0.39 is 0 Å². The third-order valence-electron chi connectivity index (χ3n) is 3.99. The van der Waals surface area contributed by atoms with Crippen LogP contribution in [-0.2, 0) is 4.79 Å². The first kappa shape index (κ1) is 20.1. The van der Waals surface area contributed by atoms with Crippen molar-refractivity contribution < 1.29 is 9.53 Å². The van der Waals surface area contributed by atoms with Crippen LogP contribution in [0.1, 0.15) is 39.5 Å². The quantitative estimate of drug-likeness (QED) is 0.376. The molecule has 26 heavy (non-hydrogen) atoms. The van der Waals surface area contributed by atoms with Gasteiger partial charge in [0, 0.05) is 6.04 Å². The normalized spacial score (nSPS) is 12.0. The van der Waals surface area contributed by atoms with Crippen LogP contribution in [0.25, 0.3) is 11.4 Å².